The van der Waals surface area contributed by atoms with Crippen molar-refractivity contribution < 1.29 is 0 Å². The Hall–Kier alpha value is -2.20. The van der Waals surface area contributed by atoms with Crippen LogP contribution in [0.15, 0.2) is 48.9 Å². The van der Waals surface area contributed by atoms with Crippen LogP contribution < -0.4 is 0 Å². The van der Waals surface area contributed by atoms with Gasteiger partial charge < -0.3 is 4.57 Å². The summed E-state index contributed by atoms with van der Waals surface area (Å²) in [5, 5.41) is 0. The molecule has 1 fully saturated rings. The molecule has 4 heteroatoms. The van der Waals surface area contributed by atoms with E-state index < -0.39 is 0 Å². The van der Waals surface area contributed by atoms with Crippen molar-refractivity contribution in [3.05, 3.63) is 60.2 Å². The van der Waals surface area contributed by atoms with Crippen molar-refractivity contribution in [2.45, 2.75) is 32.9 Å². The lowest BCUT2D eigenvalue weighted by atomic mass is 9.97. The number of hydrogen-bond acceptors (Lipinski definition) is 3. The fourth-order valence-electron chi connectivity index (χ4n) is 3.80. The van der Waals surface area contributed by atoms with Crippen molar-refractivity contribution in [1.82, 2.24) is 19.4 Å². The summed E-state index contributed by atoms with van der Waals surface area (Å²) >= 11 is 0. The van der Waals surface area contributed by atoms with Crippen molar-refractivity contribution in [1.29, 1.82) is 0 Å². The Morgan fingerprint density at radius 3 is 2.96 bits per heavy atom. The Bertz CT molecular complexity index is 823. The van der Waals surface area contributed by atoms with E-state index in [0.29, 0.717) is 5.92 Å². The van der Waals surface area contributed by atoms with Gasteiger partial charge in [-0.15, -0.1) is 0 Å². The van der Waals surface area contributed by atoms with E-state index in [4.69, 9.17) is 0 Å². The Morgan fingerprint density at radius 2 is 2.04 bits per heavy atom. The number of rotatable bonds is 4. The number of nitrogens with zero attached hydrogens (tertiary/aromatic N) is 4. The minimum atomic E-state index is 0.688. The van der Waals surface area contributed by atoms with Gasteiger partial charge in [0.2, 0.25) is 0 Å². The first-order valence-corrected chi connectivity index (χ1v) is 8.82. The summed E-state index contributed by atoms with van der Waals surface area (Å²) in [4.78, 5) is 11.5. The van der Waals surface area contributed by atoms with Gasteiger partial charge in [0.15, 0.2) is 0 Å². The fraction of sp³-hybridized carbons (Fsp3) is 0.400. The third-order valence-electron chi connectivity index (χ3n) is 5.10. The highest BCUT2D eigenvalue weighted by atomic mass is 15.1. The number of para-hydroxylation sites is 2. The third-order valence-corrected chi connectivity index (χ3v) is 5.10. The number of likely N-dealkylation sites (tertiary alicyclic amines) is 1. The van der Waals surface area contributed by atoms with E-state index in [1.807, 2.05) is 18.6 Å². The van der Waals surface area contributed by atoms with Crippen molar-refractivity contribution in [2.24, 2.45) is 5.92 Å². The largest absolute Gasteiger partial charge is 0.330 e. The van der Waals surface area contributed by atoms with Crippen LogP contribution >= 0.6 is 0 Å². The second-order valence-corrected chi connectivity index (χ2v) is 6.88. The van der Waals surface area contributed by atoms with Crippen molar-refractivity contribution in [2.75, 3.05) is 13.1 Å². The summed E-state index contributed by atoms with van der Waals surface area (Å²) in [6.07, 6.45) is 6.45. The van der Waals surface area contributed by atoms with E-state index in [0.717, 1.165) is 30.8 Å². The van der Waals surface area contributed by atoms with Crippen LogP contribution in [0, 0.1) is 12.8 Å². The highest BCUT2D eigenvalue weighted by Gasteiger charge is 2.21. The van der Waals surface area contributed by atoms with E-state index in [9.17, 15) is 0 Å². The molecule has 1 aromatic carbocycles. The standard InChI is InChI=1S/C20H24N4/c1-16-18(7-4-10-21-16)14-23-11-5-6-17(12-23)13-24-15-22-19-8-2-3-9-20(19)24/h2-4,7-10,15,17H,5-6,11-14H2,1H3. The molecule has 0 radical (unpaired) electrons. The monoisotopic (exact) mass is 320 g/mol. The first kappa shape index (κ1) is 15.3. The Labute approximate surface area is 143 Å². The predicted octanol–water partition coefficient (Wildman–Crippen LogP) is 3.65. The predicted molar refractivity (Wildman–Crippen MR) is 96.7 cm³/mol. The fourth-order valence-corrected chi connectivity index (χ4v) is 3.80. The zero-order valence-corrected chi connectivity index (χ0v) is 14.2. The van der Waals surface area contributed by atoms with Crippen LogP contribution in [0.3, 0.4) is 0 Å². The van der Waals surface area contributed by atoms with Crippen molar-refractivity contribution >= 4 is 11.0 Å². The van der Waals surface area contributed by atoms with E-state index in [1.165, 1.54) is 30.5 Å². The zero-order chi connectivity index (χ0) is 16.4. The summed E-state index contributed by atoms with van der Waals surface area (Å²) in [6.45, 7) is 6.52. The van der Waals surface area contributed by atoms with Crippen LogP contribution in [0.2, 0.25) is 0 Å². The first-order valence-electron chi connectivity index (χ1n) is 8.82. The quantitative estimate of drug-likeness (QED) is 0.736. The molecule has 0 bridgehead atoms. The van der Waals surface area contributed by atoms with Crippen LogP contribution in [0.4, 0.5) is 0 Å². The number of aryl methyl sites for hydroxylation is 1. The maximum atomic E-state index is 4.52. The van der Waals surface area contributed by atoms with Crippen LogP contribution in [0.5, 0.6) is 0 Å². The van der Waals surface area contributed by atoms with Crippen LogP contribution in [-0.2, 0) is 13.1 Å². The summed E-state index contributed by atoms with van der Waals surface area (Å²) in [7, 11) is 0. The lowest BCUT2D eigenvalue weighted by Crippen LogP contribution is -2.36. The second kappa shape index (κ2) is 6.73. The van der Waals surface area contributed by atoms with Crippen LogP contribution in [-0.4, -0.2) is 32.5 Å². The van der Waals surface area contributed by atoms with Crippen molar-refractivity contribution in [3.63, 3.8) is 0 Å². The second-order valence-electron chi connectivity index (χ2n) is 6.88. The molecule has 1 unspecified atom stereocenters. The number of aromatic nitrogens is 3. The molecular formula is C20H24N4. The highest BCUT2D eigenvalue weighted by molar-refractivity contribution is 5.74. The number of pyridine rings is 1. The van der Waals surface area contributed by atoms with Gasteiger partial charge in [0, 0.05) is 31.5 Å². The molecular weight excluding hydrogens is 296 g/mol. The minimum absolute atomic E-state index is 0.688. The van der Waals surface area contributed by atoms with Crippen molar-refractivity contribution in [3.8, 4) is 0 Å². The molecule has 0 N–H and O–H groups in total. The number of hydrogen-bond donors (Lipinski definition) is 0. The first-order chi connectivity index (χ1) is 11.8. The Kier molecular flexibility index (Phi) is 4.30. The zero-order valence-electron chi connectivity index (χ0n) is 14.2. The molecule has 0 spiro atoms. The number of imidazole rings is 1. The van der Waals surface area contributed by atoms with Crippen LogP contribution in [0.25, 0.3) is 11.0 Å². The summed E-state index contributed by atoms with van der Waals surface area (Å²) in [5.74, 6) is 0.688. The molecule has 4 rings (SSSR count). The summed E-state index contributed by atoms with van der Waals surface area (Å²) in [5.41, 5.74) is 4.85. The molecule has 4 nitrogen and oxygen atoms in total. The van der Waals surface area contributed by atoms with Gasteiger partial charge in [0.05, 0.1) is 17.4 Å². The molecule has 0 aliphatic carbocycles. The molecule has 2 aromatic heterocycles. The Balaban J connectivity index is 1.44. The number of piperidine rings is 1. The van der Waals surface area contributed by atoms with Gasteiger partial charge in [-0.1, -0.05) is 18.2 Å². The van der Waals surface area contributed by atoms with E-state index in [-0.39, 0.29) is 0 Å². The molecule has 1 aliphatic rings. The SMILES string of the molecule is Cc1ncccc1CN1CCCC(Cn2cnc3ccccc32)C1. The molecule has 1 atom stereocenters. The van der Waals surface area contributed by atoms with E-state index >= 15 is 0 Å². The minimum Gasteiger partial charge on any atom is -0.330 e. The maximum Gasteiger partial charge on any atom is 0.0958 e. The van der Waals surface area contributed by atoms with Gasteiger partial charge in [-0.3, -0.25) is 9.88 Å². The number of benzene rings is 1. The van der Waals surface area contributed by atoms with E-state index in [1.54, 1.807) is 0 Å². The normalized spacial score (nSPS) is 19.0. The third kappa shape index (κ3) is 3.20. The molecule has 1 aliphatic heterocycles. The lowest BCUT2D eigenvalue weighted by Gasteiger charge is -2.33. The average Bonchev–Trinajstić information content (AvgIpc) is 3.01. The lowest BCUT2D eigenvalue weighted by molar-refractivity contribution is 0.156. The molecule has 0 saturated carbocycles. The Morgan fingerprint density at radius 1 is 1.12 bits per heavy atom. The van der Waals surface area contributed by atoms with Gasteiger partial charge in [-0.2, -0.15) is 0 Å². The molecule has 1 saturated heterocycles. The molecule has 3 heterocycles. The average molecular weight is 320 g/mol. The maximum absolute atomic E-state index is 4.52. The van der Waals surface area contributed by atoms with Crippen LogP contribution in [0.1, 0.15) is 24.1 Å². The van der Waals surface area contributed by atoms with E-state index in [2.05, 4.69) is 56.7 Å². The summed E-state index contributed by atoms with van der Waals surface area (Å²) in [6, 6.07) is 12.7. The topological polar surface area (TPSA) is 34.0 Å². The molecule has 0 amide bonds. The number of fused-ring (bicyclic) bond motifs is 1. The van der Waals surface area contributed by atoms with Gasteiger partial charge in [-0.05, 0) is 56.0 Å². The van der Waals surface area contributed by atoms with Gasteiger partial charge in [-0.25, -0.2) is 4.98 Å². The van der Waals surface area contributed by atoms with Gasteiger partial charge >= 0.3 is 0 Å². The molecule has 24 heavy (non-hydrogen) atoms. The molecule has 124 valence electrons. The highest BCUT2D eigenvalue weighted by Crippen LogP contribution is 2.22. The smallest absolute Gasteiger partial charge is 0.0958 e. The summed E-state index contributed by atoms with van der Waals surface area (Å²) < 4.78 is 2.32. The van der Waals surface area contributed by atoms with Gasteiger partial charge in [0.25, 0.3) is 0 Å². The molecule has 3 aromatic rings. The van der Waals surface area contributed by atoms with Gasteiger partial charge in [0.1, 0.15) is 0 Å².